The first-order valence-corrected chi connectivity index (χ1v) is 6.08. The Morgan fingerprint density at radius 2 is 2.00 bits per heavy atom. The van der Waals surface area contributed by atoms with Crippen LogP contribution in [0.25, 0.3) is 0 Å². The van der Waals surface area contributed by atoms with E-state index < -0.39 is 23.7 Å². The number of benzene rings is 1. The van der Waals surface area contributed by atoms with E-state index >= 15 is 0 Å². The molecule has 0 aliphatic rings. The van der Waals surface area contributed by atoms with Gasteiger partial charge in [-0.1, -0.05) is 0 Å². The summed E-state index contributed by atoms with van der Waals surface area (Å²) in [6.07, 6.45) is 0. The first-order valence-electron chi connectivity index (χ1n) is 6.08. The highest BCUT2D eigenvalue weighted by atomic mass is 16.5. The number of amides is 2. The summed E-state index contributed by atoms with van der Waals surface area (Å²) in [7, 11) is 1.22. The molecular formula is C13H16N2O6. The van der Waals surface area contributed by atoms with Crippen molar-refractivity contribution >= 4 is 23.7 Å². The molecule has 0 saturated carbocycles. The Hall–Kier alpha value is -2.77. The van der Waals surface area contributed by atoms with E-state index in [1.165, 1.54) is 18.1 Å². The zero-order chi connectivity index (χ0) is 16.0. The van der Waals surface area contributed by atoms with Crippen molar-refractivity contribution < 1.29 is 29.3 Å². The van der Waals surface area contributed by atoms with Crippen LogP contribution in [-0.4, -0.2) is 53.3 Å². The topological polar surface area (TPSA) is 116 Å². The van der Waals surface area contributed by atoms with Crippen LogP contribution >= 0.6 is 0 Å². The summed E-state index contributed by atoms with van der Waals surface area (Å²) in [4.78, 5) is 35.2. The maximum Gasteiger partial charge on any atom is 0.339 e. The quantitative estimate of drug-likeness (QED) is 0.554. The third-order valence-electron chi connectivity index (χ3n) is 2.69. The van der Waals surface area contributed by atoms with Gasteiger partial charge in [-0.05, 0) is 25.1 Å². The number of anilines is 1. The summed E-state index contributed by atoms with van der Waals surface area (Å²) in [5.74, 6) is -2.28. The number of methoxy groups -OCH3 is 1. The number of carbonyl (C=O) groups excluding carboxylic acids is 2. The smallest absolute Gasteiger partial charge is 0.339 e. The number of esters is 1. The second-order valence-corrected chi connectivity index (χ2v) is 4.06. The maximum atomic E-state index is 12.0. The molecule has 1 aromatic rings. The molecule has 0 bridgehead atoms. The summed E-state index contributed by atoms with van der Waals surface area (Å²) in [5.41, 5.74) is -0.137. The molecule has 0 saturated heterocycles. The van der Waals surface area contributed by atoms with E-state index in [0.717, 1.165) is 12.1 Å². The standard InChI is InChI=1S/C13H16N2O6/c1-3-15(7-11(17)21-2)13(20)14-8-4-5-10(16)9(6-8)12(18)19/h4-6,16H,3,7H2,1-2H3,(H,14,20)(H,18,19). The van der Waals surface area contributed by atoms with Crippen LogP contribution in [-0.2, 0) is 9.53 Å². The van der Waals surface area contributed by atoms with Crippen molar-refractivity contribution in [1.29, 1.82) is 0 Å². The Balaban J connectivity index is 2.84. The lowest BCUT2D eigenvalue weighted by atomic mass is 10.2. The lowest BCUT2D eigenvalue weighted by Gasteiger charge is -2.20. The number of ether oxygens (including phenoxy) is 1. The van der Waals surface area contributed by atoms with Gasteiger partial charge in [-0.15, -0.1) is 0 Å². The average molecular weight is 296 g/mol. The van der Waals surface area contributed by atoms with E-state index in [4.69, 9.17) is 5.11 Å². The molecule has 1 rings (SSSR count). The van der Waals surface area contributed by atoms with Gasteiger partial charge in [0.1, 0.15) is 17.9 Å². The van der Waals surface area contributed by atoms with Crippen molar-refractivity contribution in [3.63, 3.8) is 0 Å². The Morgan fingerprint density at radius 3 is 2.52 bits per heavy atom. The van der Waals surface area contributed by atoms with Crippen molar-refractivity contribution in [2.75, 3.05) is 25.5 Å². The predicted octanol–water partition coefficient (Wildman–Crippen LogP) is 1.12. The number of nitrogens with one attached hydrogen (secondary N) is 1. The van der Waals surface area contributed by atoms with Crippen molar-refractivity contribution in [1.82, 2.24) is 4.90 Å². The minimum Gasteiger partial charge on any atom is -0.507 e. The summed E-state index contributed by atoms with van der Waals surface area (Å²) in [6, 6.07) is 3.06. The number of urea groups is 1. The highest BCUT2D eigenvalue weighted by molar-refractivity contribution is 5.95. The number of nitrogens with zero attached hydrogens (tertiary/aromatic N) is 1. The van der Waals surface area contributed by atoms with Gasteiger partial charge in [-0.25, -0.2) is 9.59 Å². The third-order valence-corrected chi connectivity index (χ3v) is 2.69. The SMILES string of the molecule is CCN(CC(=O)OC)C(=O)Nc1ccc(O)c(C(=O)O)c1. The van der Waals surface area contributed by atoms with Crippen LogP contribution in [0.4, 0.5) is 10.5 Å². The van der Waals surface area contributed by atoms with Gasteiger partial charge in [0.05, 0.1) is 7.11 Å². The van der Waals surface area contributed by atoms with E-state index in [9.17, 15) is 19.5 Å². The molecule has 8 heteroatoms. The third kappa shape index (κ3) is 4.37. The minimum atomic E-state index is -1.31. The van der Waals surface area contributed by atoms with E-state index in [2.05, 4.69) is 10.1 Å². The number of aromatic hydroxyl groups is 1. The van der Waals surface area contributed by atoms with Gasteiger partial charge < -0.3 is 25.2 Å². The first-order chi connectivity index (χ1) is 9.88. The molecule has 114 valence electrons. The second kappa shape index (κ2) is 7.13. The molecule has 0 aliphatic heterocycles. The Morgan fingerprint density at radius 1 is 1.33 bits per heavy atom. The number of hydrogen-bond donors (Lipinski definition) is 3. The average Bonchev–Trinajstić information content (AvgIpc) is 2.45. The predicted molar refractivity (Wildman–Crippen MR) is 73.3 cm³/mol. The molecular weight excluding hydrogens is 280 g/mol. The molecule has 0 unspecified atom stereocenters. The number of carboxylic acids is 1. The van der Waals surface area contributed by atoms with Crippen LogP contribution in [0.3, 0.4) is 0 Å². The zero-order valence-corrected chi connectivity index (χ0v) is 11.6. The number of rotatable bonds is 5. The van der Waals surface area contributed by atoms with E-state index in [0.29, 0.717) is 0 Å². The van der Waals surface area contributed by atoms with Crippen LogP contribution in [0.15, 0.2) is 18.2 Å². The molecule has 21 heavy (non-hydrogen) atoms. The van der Waals surface area contributed by atoms with Gasteiger partial charge >= 0.3 is 18.0 Å². The van der Waals surface area contributed by atoms with Crippen LogP contribution in [0, 0.1) is 0 Å². The summed E-state index contributed by atoms with van der Waals surface area (Å²) >= 11 is 0. The number of carboxylic acid groups (broad SMARTS) is 1. The number of carbonyl (C=O) groups is 3. The van der Waals surface area contributed by atoms with Gasteiger partial charge in [-0.2, -0.15) is 0 Å². The minimum absolute atomic E-state index is 0.193. The number of aromatic carboxylic acids is 1. The lowest BCUT2D eigenvalue weighted by Crippen LogP contribution is -2.39. The van der Waals surface area contributed by atoms with Crippen LogP contribution in [0.5, 0.6) is 5.75 Å². The van der Waals surface area contributed by atoms with Crippen LogP contribution in [0.2, 0.25) is 0 Å². The highest BCUT2D eigenvalue weighted by Crippen LogP contribution is 2.21. The van der Waals surface area contributed by atoms with Crippen molar-refractivity contribution in [2.45, 2.75) is 6.92 Å². The molecule has 0 heterocycles. The molecule has 0 spiro atoms. The number of phenols is 1. The largest absolute Gasteiger partial charge is 0.507 e. The van der Waals surface area contributed by atoms with Crippen LogP contribution in [0.1, 0.15) is 17.3 Å². The molecule has 2 amide bonds. The van der Waals surface area contributed by atoms with Crippen LogP contribution < -0.4 is 5.32 Å². The second-order valence-electron chi connectivity index (χ2n) is 4.06. The van der Waals surface area contributed by atoms with E-state index in [1.54, 1.807) is 6.92 Å². The van der Waals surface area contributed by atoms with Gasteiger partial charge in [0.15, 0.2) is 0 Å². The van der Waals surface area contributed by atoms with Gasteiger partial charge in [-0.3, -0.25) is 4.79 Å². The molecule has 0 radical (unpaired) electrons. The summed E-state index contributed by atoms with van der Waals surface area (Å²) in [5, 5.41) is 20.7. The molecule has 0 atom stereocenters. The summed E-state index contributed by atoms with van der Waals surface area (Å²) < 4.78 is 4.48. The molecule has 0 aromatic heterocycles. The fourth-order valence-corrected chi connectivity index (χ4v) is 1.54. The summed E-state index contributed by atoms with van der Waals surface area (Å²) in [6.45, 7) is 1.73. The van der Waals surface area contributed by atoms with Gasteiger partial charge in [0, 0.05) is 12.2 Å². The maximum absolute atomic E-state index is 12.0. The van der Waals surface area contributed by atoms with Gasteiger partial charge in [0.2, 0.25) is 0 Å². The molecule has 8 nitrogen and oxygen atoms in total. The number of hydrogen-bond acceptors (Lipinski definition) is 5. The highest BCUT2D eigenvalue weighted by Gasteiger charge is 2.17. The monoisotopic (exact) mass is 296 g/mol. The zero-order valence-electron chi connectivity index (χ0n) is 11.6. The fourth-order valence-electron chi connectivity index (χ4n) is 1.54. The van der Waals surface area contributed by atoms with Gasteiger partial charge in [0.25, 0.3) is 0 Å². The van der Waals surface area contributed by atoms with E-state index in [-0.39, 0.29) is 24.3 Å². The Bertz CT molecular complexity index is 558. The Labute approximate surface area is 120 Å². The molecule has 0 fully saturated rings. The molecule has 0 aliphatic carbocycles. The fraction of sp³-hybridized carbons (Fsp3) is 0.308. The molecule has 1 aromatic carbocycles. The van der Waals surface area contributed by atoms with Crippen molar-refractivity contribution in [2.24, 2.45) is 0 Å². The van der Waals surface area contributed by atoms with Crippen molar-refractivity contribution in [3.8, 4) is 5.75 Å². The van der Waals surface area contributed by atoms with Crippen molar-refractivity contribution in [3.05, 3.63) is 23.8 Å². The Kier molecular flexibility index (Phi) is 5.53. The molecule has 3 N–H and O–H groups in total. The number of likely N-dealkylation sites (N-methyl/N-ethyl adjacent to an activating group) is 1. The first kappa shape index (κ1) is 16.3. The van der Waals surface area contributed by atoms with E-state index in [1.807, 2.05) is 0 Å². The lowest BCUT2D eigenvalue weighted by molar-refractivity contribution is -0.141. The normalized spacial score (nSPS) is 9.81.